The van der Waals surface area contributed by atoms with Crippen molar-refractivity contribution in [2.45, 2.75) is 18.2 Å². The van der Waals surface area contributed by atoms with Crippen molar-refractivity contribution in [2.24, 2.45) is 5.41 Å². The van der Waals surface area contributed by atoms with E-state index in [4.69, 9.17) is 6.42 Å². The molecule has 0 bridgehead atoms. The van der Waals surface area contributed by atoms with Crippen LogP contribution in [0.1, 0.15) is 23.7 Å². The van der Waals surface area contributed by atoms with Crippen molar-refractivity contribution in [3.8, 4) is 12.3 Å². The summed E-state index contributed by atoms with van der Waals surface area (Å²) in [5.41, 5.74) is -0.790. The van der Waals surface area contributed by atoms with Gasteiger partial charge in [0.15, 0.2) is 0 Å². The number of terminal acetylenes is 1. The summed E-state index contributed by atoms with van der Waals surface area (Å²) in [7, 11) is -3.80. The third kappa shape index (κ3) is 3.58. The average Bonchev–Trinajstić information content (AvgIpc) is 2.96. The van der Waals surface area contributed by atoms with Gasteiger partial charge in [0.05, 0.1) is 16.9 Å². The molecule has 1 atom stereocenters. The predicted molar refractivity (Wildman–Crippen MR) is 86.7 cm³/mol. The fourth-order valence-electron chi connectivity index (χ4n) is 2.51. The van der Waals surface area contributed by atoms with Crippen molar-refractivity contribution in [3.63, 3.8) is 0 Å². The maximum atomic E-state index is 12.5. The number of carboxylic acids is 1. The van der Waals surface area contributed by atoms with Gasteiger partial charge in [-0.3, -0.25) is 9.59 Å². The Morgan fingerprint density at radius 2 is 2.17 bits per heavy atom. The van der Waals surface area contributed by atoms with Gasteiger partial charge in [-0.1, -0.05) is 12.0 Å². The van der Waals surface area contributed by atoms with E-state index >= 15 is 0 Å². The topological polar surface area (TPSA) is 104 Å². The number of rotatable bonds is 5. The molecule has 2 N–H and O–H groups in total. The van der Waals surface area contributed by atoms with Crippen LogP contribution in [0.3, 0.4) is 0 Å². The zero-order chi connectivity index (χ0) is 18.0. The second-order valence-corrected chi connectivity index (χ2v) is 7.67. The van der Waals surface area contributed by atoms with Gasteiger partial charge in [-0.25, -0.2) is 8.42 Å². The summed E-state index contributed by atoms with van der Waals surface area (Å²) in [5.74, 6) is 0.828. The predicted octanol–water partition coefficient (Wildman–Crippen LogP) is 0.535. The molecular weight excluding hydrogens is 332 g/mol. The zero-order valence-corrected chi connectivity index (χ0v) is 14.0. The highest BCUT2D eigenvalue weighted by Crippen LogP contribution is 2.31. The molecule has 1 saturated heterocycles. The van der Waals surface area contributed by atoms with Gasteiger partial charge >= 0.3 is 5.97 Å². The van der Waals surface area contributed by atoms with Crippen molar-refractivity contribution in [3.05, 3.63) is 29.8 Å². The van der Waals surface area contributed by atoms with Crippen molar-refractivity contribution in [1.29, 1.82) is 0 Å². The van der Waals surface area contributed by atoms with Crippen LogP contribution in [0.25, 0.3) is 0 Å². The maximum Gasteiger partial charge on any atom is 0.311 e. The number of likely N-dealkylation sites (tertiary alicyclic amines) is 1. The lowest BCUT2D eigenvalue weighted by atomic mass is 9.90. The molecule has 1 aliphatic heterocycles. The molecule has 1 fully saturated rings. The summed E-state index contributed by atoms with van der Waals surface area (Å²) in [6.07, 6.45) is 5.40. The minimum Gasteiger partial charge on any atom is -0.481 e. The molecule has 1 unspecified atom stereocenters. The highest BCUT2D eigenvalue weighted by Gasteiger charge is 2.42. The minimum absolute atomic E-state index is 0.0659. The van der Waals surface area contributed by atoms with E-state index in [1.807, 2.05) is 0 Å². The molecule has 24 heavy (non-hydrogen) atoms. The molecule has 0 spiro atoms. The molecule has 1 aromatic rings. The van der Waals surface area contributed by atoms with Crippen LogP contribution in [0.4, 0.5) is 0 Å². The van der Waals surface area contributed by atoms with Gasteiger partial charge in [-0.05, 0) is 31.5 Å². The lowest BCUT2D eigenvalue weighted by Gasteiger charge is -2.20. The standard InChI is InChI=1S/C16H18N2O5S/c1-3-8-17-24(22,23)13-6-4-5-12(10-13)14(19)18-9-7-16(2,11-18)15(20)21/h1,4-6,10,17H,7-9,11H2,2H3,(H,20,21). The first-order valence-electron chi connectivity index (χ1n) is 7.25. The van der Waals surface area contributed by atoms with Crippen LogP contribution >= 0.6 is 0 Å². The van der Waals surface area contributed by atoms with E-state index in [1.54, 1.807) is 6.92 Å². The summed E-state index contributed by atoms with van der Waals surface area (Å²) in [6.45, 7) is 1.85. The number of benzene rings is 1. The summed E-state index contributed by atoms with van der Waals surface area (Å²) >= 11 is 0. The monoisotopic (exact) mass is 350 g/mol. The first-order valence-corrected chi connectivity index (χ1v) is 8.74. The Bertz CT molecular complexity index is 812. The van der Waals surface area contributed by atoms with E-state index < -0.39 is 27.3 Å². The highest BCUT2D eigenvalue weighted by atomic mass is 32.2. The smallest absolute Gasteiger partial charge is 0.311 e. The number of nitrogens with one attached hydrogen (secondary N) is 1. The van der Waals surface area contributed by atoms with Gasteiger partial charge in [-0.15, -0.1) is 6.42 Å². The Hall–Kier alpha value is -2.37. The number of carbonyl (C=O) groups is 2. The Morgan fingerprint density at radius 1 is 1.46 bits per heavy atom. The lowest BCUT2D eigenvalue weighted by Crippen LogP contribution is -2.35. The van der Waals surface area contributed by atoms with Crippen LogP contribution < -0.4 is 4.72 Å². The van der Waals surface area contributed by atoms with Crippen LogP contribution in [-0.4, -0.2) is 49.9 Å². The number of hydrogen-bond donors (Lipinski definition) is 2. The molecule has 7 nitrogen and oxygen atoms in total. The van der Waals surface area contributed by atoms with Gasteiger partial charge < -0.3 is 10.0 Å². The Kier molecular flexibility index (Phi) is 4.96. The summed E-state index contributed by atoms with van der Waals surface area (Å²) < 4.78 is 26.4. The van der Waals surface area contributed by atoms with Crippen molar-refractivity contribution >= 4 is 21.9 Å². The van der Waals surface area contributed by atoms with E-state index in [1.165, 1.54) is 29.2 Å². The SMILES string of the molecule is C#CCNS(=O)(=O)c1cccc(C(=O)N2CCC(C)(C(=O)O)C2)c1. The Balaban J connectivity index is 2.22. The molecule has 0 saturated carbocycles. The van der Waals surface area contributed by atoms with Crippen LogP contribution in [0.2, 0.25) is 0 Å². The first kappa shape index (κ1) is 18.0. The van der Waals surface area contributed by atoms with Crippen LogP contribution in [0.5, 0.6) is 0 Å². The molecular formula is C16H18N2O5S. The fraction of sp³-hybridized carbons (Fsp3) is 0.375. The Morgan fingerprint density at radius 3 is 2.75 bits per heavy atom. The number of amides is 1. The minimum atomic E-state index is -3.80. The van der Waals surface area contributed by atoms with Crippen LogP contribution in [0.15, 0.2) is 29.2 Å². The number of carboxylic acid groups (broad SMARTS) is 1. The second-order valence-electron chi connectivity index (χ2n) is 5.90. The Labute approximate surface area is 140 Å². The van der Waals surface area contributed by atoms with E-state index in [0.29, 0.717) is 13.0 Å². The third-order valence-corrected chi connectivity index (χ3v) is 5.43. The van der Waals surface area contributed by atoms with Gasteiger partial charge in [0.2, 0.25) is 10.0 Å². The number of carbonyl (C=O) groups excluding carboxylic acids is 1. The van der Waals surface area contributed by atoms with Crippen molar-refractivity contribution in [1.82, 2.24) is 9.62 Å². The molecule has 0 radical (unpaired) electrons. The molecule has 0 aliphatic carbocycles. The average molecular weight is 350 g/mol. The zero-order valence-electron chi connectivity index (χ0n) is 13.2. The van der Waals surface area contributed by atoms with E-state index in [0.717, 1.165) is 0 Å². The van der Waals surface area contributed by atoms with Gasteiger partial charge in [0, 0.05) is 18.7 Å². The normalized spacial score (nSPS) is 20.6. The number of hydrogen-bond acceptors (Lipinski definition) is 4. The lowest BCUT2D eigenvalue weighted by molar-refractivity contribution is -0.147. The largest absolute Gasteiger partial charge is 0.481 e. The first-order chi connectivity index (χ1) is 11.2. The van der Waals surface area contributed by atoms with Gasteiger partial charge in [-0.2, -0.15) is 4.72 Å². The molecule has 1 aliphatic rings. The summed E-state index contributed by atoms with van der Waals surface area (Å²) in [4.78, 5) is 25.2. The molecule has 1 amide bonds. The quantitative estimate of drug-likeness (QED) is 0.754. The summed E-state index contributed by atoms with van der Waals surface area (Å²) in [6, 6.07) is 5.59. The fourth-order valence-corrected chi connectivity index (χ4v) is 3.49. The molecule has 8 heteroatoms. The van der Waals surface area contributed by atoms with Crippen molar-refractivity contribution < 1.29 is 23.1 Å². The maximum absolute atomic E-state index is 12.5. The van der Waals surface area contributed by atoms with E-state index in [-0.39, 0.29) is 23.5 Å². The van der Waals surface area contributed by atoms with Gasteiger partial charge in [0.25, 0.3) is 5.91 Å². The molecule has 128 valence electrons. The van der Waals surface area contributed by atoms with Crippen LogP contribution in [-0.2, 0) is 14.8 Å². The van der Waals surface area contributed by atoms with E-state index in [2.05, 4.69) is 10.6 Å². The summed E-state index contributed by atoms with van der Waals surface area (Å²) in [5, 5.41) is 9.23. The molecule has 1 heterocycles. The van der Waals surface area contributed by atoms with E-state index in [9.17, 15) is 23.1 Å². The van der Waals surface area contributed by atoms with Crippen LogP contribution in [0, 0.1) is 17.8 Å². The third-order valence-electron chi connectivity index (χ3n) is 4.03. The number of nitrogens with zero attached hydrogens (tertiary/aromatic N) is 1. The number of aliphatic carboxylic acids is 1. The van der Waals surface area contributed by atoms with Gasteiger partial charge in [0.1, 0.15) is 0 Å². The molecule has 2 rings (SSSR count). The number of sulfonamides is 1. The molecule has 0 aromatic heterocycles. The molecule has 1 aromatic carbocycles. The second kappa shape index (κ2) is 6.63. The highest BCUT2D eigenvalue weighted by molar-refractivity contribution is 7.89. The van der Waals surface area contributed by atoms with Crippen molar-refractivity contribution in [2.75, 3.05) is 19.6 Å².